The molecule has 1 atom stereocenters. The third kappa shape index (κ3) is 42.9. The van der Waals surface area contributed by atoms with Crippen molar-refractivity contribution in [1.29, 1.82) is 0 Å². The number of carbonyl (C=O) groups excluding carboxylic acids is 2. The van der Waals surface area contributed by atoms with E-state index in [0.29, 0.717) is 19.4 Å². The van der Waals surface area contributed by atoms with Crippen molar-refractivity contribution in [3.05, 3.63) is 36.5 Å². The van der Waals surface area contributed by atoms with Crippen LogP contribution in [0.25, 0.3) is 0 Å². The first-order chi connectivity index (χ1) is 26.6. The molecule has 0 saturated heterocycles. The maximum absolute atomic E-state index is 12.6. The van der Waals surface area contributed by atoms with Gasteiger partial charge >= 0.3 is 11.9 Å². The zero-order chi connectivity index (χ0) is 39.3. The minimum atomic E-state index is -0.532. The van der Waals surface area contributed by atoms with Crippen LogP contribution in [0.15, 0.2) is 36.5 Å². The van der Waals surface area contributed by atoms with E-state index >= 15 is 0 Å². The minimum absolute atomic E-state index is 0.0857. The van der Waals surface area contributed by atoms with Gasteiger partial charge in [-0.25, -0.2) is 0 Å². The van der Waals surface area contributed by atoms with E-state index in [1.54, 1.807) is 0 Å². The van der Waals surface area contributed by atoms with E-state index in [-0.39, 0.29) is 25.2 Å². The summed E-state index contributed by atoms with van der Waals surface area (Å²) in [5.74, 6) is -0.401. The molecule has 0 aromatic rings. The number of unbranched alkanes of at least 4 members (excludes halogenated alkanes) is 26. The number of allylic oxidation sites excluding steroid dienone is 6. The summed E-state index contributed by atoms with van der Waals surface area (Å²) < 4.78 is 17.3. The third-order valence-corrected chi connectivity index (χ3v) is 10.2. The fraction of sp³-hybridized carbons (Fsp3) is 0.837. The molecule has 0 fully saturated rings. The Morgan fingerprint density at radius 1 is 0.407 bits per heavy atom. The molecule has 0 rings (SSSR count). The molecule has 5 heteroatoms. The van der Waals surface area contributed by atoms with Crippen LogP contribution >= 0.6 is 0 Å². The van der Waals surface area contributed by atoms with Gasteiger partial charge in [-0.05, 0) is 57.8 Å². The zero-order valence-electron chi connectivity index (χ0n) is 36.2. The maximum Gasteiger partial charge on any atom is 0.306 e. The molecule has 0 amide bonds. The Hall–Kier alpha value is -1.88. The Kier molecular flexibility index (Phi) is 43.9. The van der Waals surface area contributed by atoms with E-state index in [1.807, 2.05) is 0 Å². The largest absolute Gasteiger partial charge is 0.462 e. The zero-order valence-corrected chi connectivity index (χ0v) is 36.2. The molecule has 0 heterocycles. The molecule has 316 valence electrons. The summed E-state index contributed by atoms with van der Waals surface area (Å²) in [6.07, 6.45) is 53.0. The number of hydrogen-bond donors (Lipinski definition) is 0. The van der Waals surface area contributed by atoms with Crippen molar-refractivity contribution < 1.29 is 23.8 Å². The summed E-state index contributed by atoms with van der Waals surface area (Å²) in [6.45, 7) is 7.76. The molecule has 0 bridgehead atoms. The van der Waals surface area contributed by atoms with Crippen molar-refractivity contribution in [2.45, 2.75) is 245 Å². The highest BCUT2D eigenvalue weighted by Crippen LogP contribution is 2.14. The van der Waals surface area contributed by atoms with Gasteiger partial charge in [0, 0.05) is 19.4 Å². The van der Waals surface area contributed by atoms with Crippen LogP contribution in [0.5, 0.6) is 0 Å². The van der Waals surface area contributed by atoms with Crippen molar-refractivity contribution in [2.24, 2.45) is 0 Å². The topological polar surface area (TPSA) is 61.8 Å². The molecule has 0 aromatic heterocycles. The molecular formula is C49H90O5. The molecule has 0 aliphatic rings. The van der Waals surface area contributed by atoms with Gasteiger partial charge in [0.2, 0.25) is 0 Å². The Labute approximate surface area is 336 Å². The predicted octanol–water partition coefficient (Wildman–Crippen LogP) is 15.4. The van der Waals surface area contributed by atoms with Gasteiger partial charge in [0.05, 0.1) is 6.61 Å². The molecule has 0 aromatic carbocycles. The van der Waals surface area contributed by atoms with Crippen molar-refractivity contribution in [3.63, 3.8) is 0 Å². The normalized spacial score (nSPS) is 12.4. The molecule has 0 N–H and O–H groups in total. The van der Waals surface area contributed by atoms with E-state index in [2.05, 4.69) is 57.2 Å². The van der Waals surface area contributed by atoms with Gasteiger partial charge < -0.3 is 14.2 Å². The van der Waals surface area contributed by atoms with Gasteiger partial charge in [0.15, 0.2) is 6.10 Å². The van der Waals surface area contributed by atoms with Gasteiger partial charge in [-0.15, -0.1) is 0 Å². The second-order valence-corrected chi connectivity index (χ2v) is 15.7. The molecule has 5 nitrogen and oxygen atoms in total. The highest BCUT2D eigenvalue weighted by atomic mass is 16.6. The summed E-state index contributed by atoms with van der Waals surface area (Å²) >= 11 is 0. The lowest BCUT2D eigenvalue weighted by Crippen LogP contribution is -2.30. The summed E-state index contributed by atoms with van der Waals surface area (Å²) in [7, 11) is 0. The number of rotatable bonds is 43. The molecule has 0 spiro atoms. The highest BCUT2D eigenvalue weighted by molar-refractivity contribution is 5.70. The average Bonchev–Trinajstić information content (AvgIpc) is 3.17. The van der Waals surface area contributed by atoms with Crippen LogP contribution in [-0.4, -0.2) is 37.9 Å². The minimum Gasteiger partial charge on any atom is -0.462 e. The maximum atomic E-state index is 12.6. The molecule has 0 aliphatic heterocycles. The Balaban J connectivity index is 4.11. The van der Waals surface area contributed by atoms with E-state index in [9.17, 15) is 9.59 Å². The van der Waals surface area contributed by atoms with Crippen LogP contribution in [-0.2, 0) is 23.8 Å². The van der Waals surface area contributed by atoms with E-state index in [4.69, 9.17) is 14.2 Å². The predicted molar refractivity (Wildman–Crippen MR) is 233 cm³/mol. The SMILES string of the molecule is CCCCC/C=C\C/C=C\C/C=C\CCCCCCCCCOCC(COC(=O)CCCCCCCCCCCCC)OC(=O)CCCCCCCCC. The molecule has 0 radical (unpaired) electrons. The molecular weight excluding hydrogens is 669 g/mol. The van der Waals surface area contributed by atoms with Gasteiger partial charge in [-0.3, -0.25) is 9.59 Å². The van der Waals surface area contributed by atoms with Crippen molar-refractivity contribution in [1.82, 2.24) is 0 Å². The summed E-state index contributed by atoms with van der Waals surface area (Å²) in [5.41, 5.74) is 0. The number of hydrogen-bond acceptors (Lipinski definition) is 5. The lowest BCUT2D eigenvalue weighted by Gasteiger charge is -2.18. The van der Waals surface area contributed by atoms with Crippen molar-refractivity contribution in [3.8, 4) is 0 Å². The van der Waals surface area contributed by atoms with Gasteiger partial charge in [-0.1, -0.05) is 205 Å². The first-order valence-corrected chi connectivity index (χ1v) is 23.5. The van der Waals surface area contributed by atoms with Gasteiger partial charge in [-0.2, -0.15) is 0 Å². The Morgan fingerprint density at radius 2 is 0.778 bits per heavy atom. The lowest BCUT2D eigenvalue weighted by atomic mass is 10.1. The fourth-order valence-corrected chi connectivity index (χ4v) is 6.63. The summed E-state index contributed by atoms with van der Waals surface area (Å²) in [4.78, 5) is 25.1. The lowest BCUT2D eigenvalue weighted by molar-refractivity contribution is -0.163. The van der Waals surface area contributed by atoms with Crippen molar-refractivity contribution in [2.75, 3.05) is 19.8 Å². The molecule has 0 saturated carbocycles. The quantitative estimate of drug-likeness (QED) is 0.0352. The van der Waals surface area contributed by atoms with E-state index in [1.165, 1.54) is 154 Å². The highest BCUT2D eigenvalue weighted by Gasteiger charge is 2.17. The van der Waals surface area contributed by atoms with Crippen LogP contribution in [0.1, 0.15) is 239 Å². The van der Waals surface area contributed by atoms with E-state index in [0.717, 1.165) is 51.4 Å². The number of carbonyl (C=O) groups is 2. The second kappa shape index (κ2) is 45.5. The standard InChI is InChI=1S/C49H90O5/c1-4-7-10-13-16-18-20-21-22-23-24-25-26-27-28-30-32-35-38-41-44-52-45-47(54-49(51)43-40-37-33-15-12-9-6-3)46-53-48(50)42-39-36-34-31-29-19-17-14-11-8-5-2/h16,18,21-22,24-25,47H,4-15,17,19-20,23,26-46H2,1-3H3/b18-16-,22-21-,25-24-. The second-order valence-electron chi connectivity index (χ2n) is 15.7. The number of esters is 2. The molecule has 1 unspecified atom stereocenters. The first-order valence-electron chi connectivity index (χ1n) is 23.5. The van der Waals surface area contributed by atoms with Gasteiger partial charge in [0.1, 0.15) is 6.61 Å². The van der Waals surface area contributed by atoms with Gasteiger partial charge in [0.25, 0.3) is 0 Å². The van der Waals surface area contributed by atoms with Crippen LogP contribution in [0.3, 0.4) is 0 Å². The van der Waals surface area contributed by atoms with Crippen LogP contribution < -0.4 is 0 Å². The molecule has 0 aliphatic carbocycles. The monoisotopic (exact) mass is 759 g/mol. The number of ether oxygens (including phenoxy) is 3. The fourth-order valence-electron chi connectivity index (χ4n) is 6.63. The Bertz CT molecular complexity index is 862. The third-order valence-electron chi connectivity index (χ3n) is 10.2. The van der Waals surface area contributed by atoms with Crippen LogP contribution in [0.4, 0.5) is 0 Å². The smallest absolute Gasteiger partial charge is 0.306 e. The first kappa shape index (κ1) is 52.1. The Morgan fingerprint density at radius 3 is 1.28 bits per heavy atom. The summed E-state index contributed by atoms with van der Waals surface area (Å²) in [6, 6.07) is 0. The molecule has 54 heavy (non-hydrogen) atoms. The van der Waals surface area contributed by atoms with E-state index < -0.39 is 6.10 Å². The van der Waals surface area contributed by atoms with Crippen LogP contribution in [0.2, 0.25) is 0 Å². The summed E-state index contributed by atoms with van der Waals surface area (Å²) in [5, 5.41) is 0. The van der Waals surface area contributed by atoms with Crippen LogP contribution in [0, 0.1) is 0 Å². The van der Waals surface area contributed by atoms with Crippen molar-refractivity contribution >= 4 is 11.9 Å². The average molecular weight is 759 g/mol.